The molecule has 96 valence electrons. The van der Waals surface area contributed by atoms with Crippen LogP contribution in [-0.4, -0.2) is 21.8 Å². The summed E-state index contributed by atoms with van der Waals surface area (Å²) in [7, 11) is 0. The summed E-state index contributed by atoms with van der Waals surface area (Å²) in [5.41, 5.74) is 1.57. The first-order valence-corrected chi connectivity index (χ1v) is 5.96. The van der Waals surface area contributed by atoms with Crippen LogP contribution in [0, 0.1) is 6.92 Å². The van der Waals surface area contributed by atoms with Gasteiger partial charge in [-0.25, -0.2) is 0 Å². The summed E-state index contributed by atoms with van der Waals surface area (Å²) in [6.07, 6.45) is -0.575. The number of benzene rings is 1. The second kappa shape index (κ2) is 5.07. The van der Waals surface area contributed by atoms with Gasteiger partial charge in [0.15, 0.2) is 0 Å². The van der Waals surface area contributed by atoms with Crippen LogP contribution in [0.25, 0.3) is 0 Å². The number of aryl methyl sites for hydroxylation is 1. The van der Waals surface area contributed by atoms with Gasteiger partial charge in [0.25, 0.3) is 0 Å². The van der Waals surface area contributed by atoms with Crippen molar-refractivity contribution in [2.24, 2.45) is 0 Å². The van der Waals surface area contributed by atoms with Gasteiger partial charge in [-0.15, -0.1) is 0 Å². The molecule has 0 radical (unpaired) electrons. The van der Waals surface area contributed by atoms with Crippen molar-refractivity contribution in [1.29, 1.82) is 0 Å². The molecule has 1 aromatic carbocycles. The molecule has 3 nitrogen and oxygen atoms in total. The van der Waals surface area contributed by atoms with Gasteiger partial charge >= 0.3 is 0 Å². The maximum atomic E-state index is 10.2. The van der Waals surface area contributed by atoms with E-state index in [0.717, 1.165) is 11.1 Å². The minimum absolute atomic E-state index is 0.0354. The zero-order valence-electron chi connectivity index (χ0n) is 11.3. The first kappa shape index (κ1) is 14.0. The van der Waals surface area contributed by atoms with Crippen molar-refractivity contribution < 1.29 is 10.2 Å². The van der Waals surface area contributed by atoms with Crippen LogP contribution in [0.3, 0.4) is 0 Å². The molecule has 0 bridgehead atoms. The zero-order valence-corrected chi connectivity index (χ0v) is 11.3. The van der Waals surface area contributed by atoms with Gasteiger partial charge < -0.3 is 15.5 Å². The van der Waals surface area contributed by atoms with E-state index in [1.807, 2.05) is 19.9 Å². The lowest BCUT2D eigenvalue weighted by Crippen LogP contribution is -2.44. The van der Waals surface area contributed by atoms with Crippen molar-refractivity contribution in [1.82, 2.24) is 5.32 Å². The summed E-state index contributed by atoms with van der Waals surface area (Å²) in [5.74, 6) is 0.261. The van der Waals surface area contributed by atoms with Crippen LogP contribution in [-0.2, 0) is 0 Å². The molecule has 0 saturated heterocycles. The maximum absolute atomic E-state index is 10.2. The fourth-order valence-corrected chi connectivity index (χ4v) is 1.91. The molecule has 0 fully saturated rings. The minimum atomic E-state index is -0.575. The Morgan fingerprint density at radius 2 is 1.82 bits per heavy atom. The molecular weight excluding hydrogens is 214 g/mol. The molecule has 2 atom stereocenters. The third kappa shape index (κ3) is 4.02. The lowest BCUT2D eigenvalue weighted by Gasteiger charge is -2.29. The number of aromatic hydroxyl groups is 1. The standard InChI is InChI=1S/C14H23NO2/c1-9-8-11(6-7-12(9)16)13(17)10(2)15-14(3,4)5/h6-8,10,13,15-17H,1-5H3. The number of nitrogens with one attached hydrogen (secondary N) is 1. The van der Waals surface area contributed by atoms with Crippen LogP contribution in [0.5, 0.6) is 5.75 Å². The summed E-state index contributed by atoms with van der Waals surface area (Å²) in [5, 5.41) is 23.0. The summed E-state index contributed by atoms with van der Waals surface area (Å²) in [6, 6.07) is 5.16. The highest BCUT2D eigenvalue weighted by Crippen LogP contribution is 2.24. The van der Waals surface area contributed by atoms with Crippen molar-refractivity contribution in [2.45, 2.75) is 52.3 Å². The number of hydrogen-bond donors (Lipinski definition) is 3. The van der Waals surface area contributed by atoms with E-state index in [4.69, 9.17) is 0 Å². The van der Waals surface area contributed by atoms with Crippen LogP contribution >= 0.6 is 0 Å². The highest BCUT2D eigenvalue weighted by Gasteiger charge is 2.21. The first-order valence-electron chi connectivity index (χ1n) is 5.96. The molecular formula is C14H23NO2. The third-order valence-electron chi connectivity index (χ3n) is 2.70. The van der Waals surface area contributed by atoms with Gasteiger partial charge in [-0.05, 0) is 57.9 Å². The Labute approximate surface area is 103 Å². The molecule has 0 aromatic heterocycles. The van der Waals surface area contributed by atoms with Gasteiger partial charge in [0.2, 0.25) is 0 Å². The maximum Gasteiger partial charge on any atom is 0.118 e. The van der Waals surface area contributed by atoms with E-state index in [2.05, 4.69) is 26.1 Å². The van der Waals surface area contributed by atoms with Crippen LogP contribution in [0.4, 0.5) is 0 Å². The molecule has 1 aromatic rings. The number of phenolic OH excluding ortho intramolecular Hbond substituents is 1. The Kier molecular flexibility index (Phi) is 4.17. The Bertz CT molecular complexity index is 382. The minimum Gasteiger partial charge on any atom is -0.508 e. The Balaban J connectivity index is 2.81. The summed E-state index contributed by atoms with van der Waals surface area (Å²) < 4.78 is 0. The quantitative estimate of drug-likeness (QED) is 0.757. The van der Waals surface area contributed by atoms with Gasteiger partial charge in [0.05, 0.1) is 6.10 Å². The monoisotopic (exact) mass is 237 g/mol. The van der Waals surface area contributed by atoms with E-state index < -0.39 is 6.10 Å². The van der Waals surface area contributed by atoms with Crippen LogP contribution < -0.4 is 5.32 Å². The molecule has 0 aliphatic rings. The van der Waals surface area contributed by atoms with Crippen LogP contribution in [0.2, 0.25) is 0 Å². The highest BCUT2D eigenvalue weighted by atomic mass is 16.3. The predicted octanol–water partition coefficient (Wildman–Crippen LogP) is 2.51. The molecule has 3 N–H and O–H groups in total. The van der Waals surface area contributed by atoms with E-state index >= 15 is 0 Å². The Morgan fingerprint density at radius 3 is 2.29 bits per heavy atom. The largest absolute Gasteiger partial charge is 0.508 e. The summed E-state index contributed by atoms with van der Waals surface area (Å²) in [6.45, 7) is 9.99. The molecule has 17 heavy (non-hydrogen) atoms. The van der Waals surface area contributed by atoms with Crippen molar-refractivity contribution in [3.8, 4) is 5.75 Å². The van der Waals surface area contributed by atoms with E-state index in [-0.39, 0.29) is 17.3 Å². The van der Waals surface area contributed by atoms with Gasteiger partial charge in [-0.2, -0.15) is 0 Å². The topological polar surface area (TPSA) is 52.5 Å². The van der Waals surface area contributed by atoms with Gasteiger partial charge in [0, 0.05) is 11.6 Å². The second-order valence-corrected chi connectivity index (χ2v) is 5.67. The van der Waals surface area contributed by atoms with Crippen LogP contribution in [0.1, 0.15) is 44.9 Å². The number of aliphatic hydroxyl groups is 1. The zero-order chi connectivity index (χ0) is 13.2. The van der Waals surface area contributed by atoms with Crippen molar-refractivity contribution in [2.75, 3.05) is 0 Å². The van der Waals surface area contributed by atoms with Crippen LogP contribution in [0.15, 0.2) is 18.2 Å². The molecule has 0 saturated carbocycles. The molecule has 3 heteroatoms. The normalized spacial score (nSPS) is 15.6. The van der Waals surface area contributed by atoms with Gasteiger partial charge in [-0.1, -0.05) is 6.07 Å². The fourth-order valence-electron chi connectivity index (χ4n) is 1.91. The highest BCUT2D eigenvalue weighted by molar-refractivity contribution is 5.36. The van der Waals surface area contributed by atoms with E-state index in [1.165, 1.54) is 0 Å². The average molecular weight is 237 g/mol. The van der Waals surface area contributed by atoms with Gasteiger partial charge in [0.1, 0.15) is 5.75 Å². The number of hydrogen-bond acceptors (Lipinski definition) is 3. The number of aliphatic hydroxyl groups excluding tert-OH is 1. The lowest BCUT2D eigenvalue weighted by molar-refractivity contribution is 0.121. The molecule has 1 rings (SSSR count). The fraction of sp³-hybridized carbons (Fsp3) is 0.571. The lowest BCUT2D eigenvalue weighted by atomic mass is 9.98. The molecule has 0 heterocycles. The SMILES string of the molecule is Cc1cc(C(O)C(C)NC(C)(C)C)ccc1O. The molecule has 0 spiro atoms. The molecule has 0 aliphatic heterocycles. The Hall–Kier alpha value is -1.06. The third-order valence-corrected chi connectivity index (χ3v) is 2.70. The second-order valence-electron chi connectivity index (χ2n) is 5.67. The first-order chi connectivity index (χ1) is 7.70. The van der Waals surface area contributed by atoms with E-state index in [0.29, 0.717) is 0 Å². The smallest absolute Gasteiger partial charge is 0.118 e. The summed E-state index contributed by atoms with van der Waals surface area (Å²) in [4.78, 5) is 0. The molecule has 0 amide bonds. The number of phenols is 1. The average Bonchev–Trinajstić information content (AvgIpc) is 2.18. The predicted molar refractivity (Wildman–Crippen MR) is 70.2 cm³/mol. The number of rotatable bonds is 3. The molecule has 2 unspecified atom stereocenters. The Morgan fingerprint density at radius 1 is 1.24 bits per heavy atom. The van der Waals surface area contributed by atoms with E-state index in [1.54, 1.807) is 12.1 Å². The molecule has 0 aliphatic carbocycles. The summed E-state index contributed by atoms with van der Waals surface area (Å²) >= 11 is 0. The van der Waals surface area contributed by atoms with E-state index in [9.17, 15) is 10.2 Å². The van der Waals surface area contributed by atoms with Crippen molar-refractivity contribution >= 4 is 0 Å². The van der Waals surface area contributed by atoms with Crippen molar-refractivity contribution in [3.63, 3.8) is 0 Å². The van der Waals surface area contributed by atoms with Crippen molar-refractivity contribution in [3.05, 3.63) is 29.3 Å². The van der Waals surface area contributed by atoms with Gasteiger partial charge in [-0.3, -0.25) is 0 Å².